The summed E-state index contributed by atoms with van der Waals surface area (Å²) in [5.74, 6) is 2.79. The lowest BCUT2D eigenvalue weighted by Crippen LogP contribution is -2.04. The lowest BCUT2D eigenvalue weighted by atomic mass is 10.0. The van der Waals surface area contributed by atoms with Gasteiger partial charge in [-0.05, 0) is 203 Å². The molecule has 150 heavy (non-hydrogen) atoms. The first kappa shape index (κ1) is 87.3. The van der Waals surface area contributed by atoms with Gasteiger partial charge >= 0.3 is 0 Å². The van der Waals surface area contributed by atoms with Gasteiger partial charge in [-0.15, -0.1) is 0 Å². The molecular weight excluding hydrogens is 1830 g/mol. The standard InChI is InChI=1S/3C45H29N5/c1-4-13-30(14-5-1)38-29-39(31-15-6-2-7-16-31)48-45(47-38)50-42-25-23-33(28-37(42)44-43(50)21-12-26-46-44)32-22-24-41-36(27-32)35-19-10-11-20-40(35)49(41)34-17-8-3-9-18-34;1-4-13-30(14-5-1)38-29-43(48-45(47-38)31-15-6-2-7-16-31)50-41-25-23-33(28-37(41)44-42(50)21-12-26-46-44)32-22-24-40-36(27-32)35-19-10-11-20-39(35)49(40)34-17-8-3-9-18-34;1-4-13-30(14-5-1)43-42(29-47-45(48-43)31-15-6-2-7-16-31)50-40-25-23-33(28-37(40)44-41(50)21-12-26-46-44)32-22-24-39-36(27-32)35-19-10-11-20-38(35)49(39)34-17-8-3-9-18-34/h3*1-29H. The van der Waals surface area contributed by atoms with E-state index >= 15 is 0 Å². The molecule has 18 aromatic carbocycles. The van der Waals surface area contributed by atoms with E-state index in [9.17, 15) is 0 Å². The van der Waals surface area contributed by atoms with Crippen LogP contribution >= 0.6 is 0 Å². The average molecular weight is 1920 g/mol. The molecule has 0 amide bonds. The van der Waals surface area contributed by atoms with Crippen LogP contribution in [0.5, 0.6) is 0 Å². The minimum absolute atomic E-state index is 0.612. The Bertz CT molecular complexity index is 9940. The molecule has 12 heterocycles. The van der Waals surface area contributed by atoms with Gasteiger partial charge in [-0.1, -0.05) is 328 Å². The fraction of sp³-hybridized carbons (Fsp3) is 0. The molecule has 0 aliphatic rings. The first-order valence-electron chi connectivity index (χ1n) is 50.4. The van der Waals surface area contributed by atoms with Gasteiger partial charge in [-0.3, -0.25) is 24.1 Å². The smallest absolute Gasteiger partial charge is 0.235 e. The maximum absolute atomic E-state index is 5.17. The van der Waals surface area contributed by atoms with Gasteiger partial charge in [0.1, 0.15) is 5.82 Å². The number of benzene rings is 18. The van der Waals surface area contributed by atoms with Crippen LogP contribution in [-0.2, 0) is 0 Å². The highest BCUT2D eigenvalue weighted by molar-refractivity contribution is 6.16. The summed E-state index contributed by atoms with van der Waals surface area (Å²) in [6.45, 7) is 0. The monoisotopic (exact) mass is 1920 g/mol. The molecule has 0 fully saturated rings. The molecule has 0 aliphatic carbocycles. The molecule has 0 spiro atoms. The van der Waals surface area contributed by atoms with Crippen LogP contribution in [0, 0.1) is 0 Å². The third kappa shape index (κ3) is 15.3. The molecule has 30 aromatic rings. The zero-order chi connectivity index (χ0) is 99.1. The summed E-state index contributed by atoms with van der Waals surface area (Å²) in [6, 6.07) is 176. The quantitative estimate of drug-likeness (QED) is 0.0979. The zero-order valence-corrected chi connectivity index (χ0v) is 80.9. The van der Waals surface area contributed by atoms with Gasteiger partial charge in [0, 0.05) is 124 Å². The molecule has 0 unspecified atom stereocenters. The summed E-state index contributed by atoms with van der Waals surface area (Å²) < 4.78 is 13.7. The number of hydrogen-bond acceptors (Lipinski definition) is 9. The topological polar surface area (TPSA) is 146 Å². The van der Waals surface area contributed by atoms with Gasteiger partial charge in [0.2, 0.25) is 5.95 Å². The van der Waals surface area contributed by atoms with Crippen molar-refractivity contribution in [3.05, 3.63) is 528 Å². The number of fused-ring (bicyclic) bond motifs is 18. The highest BCUT2D eigenvalue weighted by atomic mass is 15.2. The van der Waals surface area contributed by atoms with E-state index in [-0.39, 0.29) is 0 Å². The highest BCUT2D eigenvalue weighted by Gasteiger charge is 2.27. The molecule has 0 N–H and O–H groups in total. The van der Waals surface area contributed by atoms with Crippen LogP contribution < -0.4 is 0 Å². The lowest BCUT2D eigenvalue weighted by Gasteiger charge is -2.14. The predicted octanol–water partition coefficient (Wildman–Crippen LogP) is 33.2. The van der Waals surface area contributed by atoms with Gasteiger partial charge in [0.15, 0.2) is 11.6 Å². The van der Waals surface area contributed by atoms with Crippen molar-refractivity contribution in [2.75, 3.05) is 0 Å². The molecule has 12 aromatic heterocycles. The minimum atomic E-state index is 0.612. The Balaban J connectivity index is 0.000000108. The third-order valence-corrected chi connectivity index (χ3v) is 28.8. The van der Waals surface area contributed by atoms with Gasteiger partial charge < -0.3 is 18.3 Å². The van der Waals surface area contributed by atoms with E-state index in [1.807, 2.05) is 152 Å². The van der Waals surface area contributed by atoms with Gasteiger partial charge in [0.05, 0.1) is 117 Å². The number of nitrogens with zero attached hydrogens (tertiary/aromatic N) is 15. The molecule has 0 radical (unpaired) electrons. The van der Waals surface area contributed by atoms with Crippen molar-refractivity contribution >= 4 is 131 Å². The fourth-order valence-corrected chi connectivity index (χ4v) is 21.9. The number of para-hydroxylation sites is 6. The number of rotatable bonds is 15. The summed E-state index contributed by atoms with van der Waals surface area (Å²) in [6.07, 6.45) is 7.55. The highest BCUT2D eigenvalue weighted by Crippen LogP contribution is 2.46. The van der Waals surface area contributed by atoms with Gasteiger partial charge in [-0.25, -0.2) is 29.9 Å². The molecular formula is C135H87N15. The van der Waals surface area contributed by atoms with E-state index < -0.39 is 0 Å². The molecule has 0 saturated carbocycles. The molecule has 0 saturated heterocycles. The van der Waals surface area contributed by atoms with Crippen LogP contribution in [0.25, 0.3) is 267 Å². The molecule has 15 heteroatoms. The van der Waals surface area contributed by atoms with Gasteiger partial charge in [0.25, 0.3) is 0 Å². The third-order valence-electron chi connectivity index (χ3n) is 28.8. The van der Waals surface area contributed by atoms with Crippen LogP contribution in [0.2, 0.25) is 0 Å². The van der Waals surface area contributed by atoms with Crippen LogP contribution in [-0.4, -0.2) is 72.3 Å². The fourth-order valence-electron chi connectivity index (χ4n) is 21.9. The van der Waals surface area contributed by atoms with Crippen molar-refractivity contribution in [3.63, 3.8) is 0 Å². The van der Waals surface area contributed by atoms with Crippen molar-refractivity contribution in [1.82, 2.24) is 72.3 Å². The molecule has 702 valence electrons. The maximum atomic E-state index is 5.17. The van der Waals surface area contributed by atoms with E-state index in [0.717, 1.165) is 184 Å². The predicted molar refractivity (Wildman–Crippen MR) is 614 cm³/mol. The lowest BCUT2D eigenvalue weighted by molar-refractivity contribution is 0.994. The SMILES string of the molecule is c1ccc(-c2cc(-c3ccccc3)nc(-n3c4ccc(-c5ccc6c(c5)c5ccccc5n6-c5ccccc5)cc4c4ncccc43)n2)cc1.c1ccc(-c2cc(-n3c4ccc(-c5ccc6c(c5)c5ccccc5n6-c5ccccc5)cc4c4ncccc43)nc(-c3ccccc3)n2)cc1.c1ccc(-c2ncc(-n3c4ccc(-c5ccc6c(c5)c5ccccc5n6-c5ccccc5)cc4c4ncccc43)c(-c3ccccc3)n2)cc1. The molecule has 0 aliphatic heterocycles. The van der Waals surface area contributed by atoms with Crippen LogP contribution in [0.1, 0.15) is 0 Å². The summed E-state index contributed by atoms with van der Waals surface area (Å²) in [5.41, 5.74) is 36.8. The van der Waals surface area contributed by atoms with E-state index in [1.54, 1.807) is 0 Å². The summed E-state index contributed by atoms with van der Waals surface area (Å²) in [7, 11) is 0. The van der Waals surface area contributed by atoms with E-state index in [4.69, 9.17) is 44.9 Å². The van der Waals surface area contributed by atoms with Crippen LogP contribution in [0.4, 0.5) is 0 Å². The van der Waals surface area contributed by atoms with Crippen molar-refractivity contribution in [1.29, 1.82) is 0 Å². The van der Waals surface area contributed by atoms with Gasteiger partial charge in [-0.2, -0.15) is 0 Å². The van der Waals surface area contributed by atoms with Crippen LogP contribution in [0.3, 0.4) is 0 Å². The summed E-state index contributed by atoms with van der Waals surface area (Å²) in [4.78, 5) is 45.3. The normalized spacial score (nSPS) is 11.6. The van der Waals surface area contributed by atoms with Crippen molar-refractivity contribution in [3.8, 4) is 136 Å². The summed E-state index contributed by atoms with van der Waals surface area (Å²) >= 11 is 0. The Hall–Kier alpha value is -20.6. The second-order valence-corrected chi connectivity index (χ2v) is 37.6. The number of pyridine rings is 3. The van der Waals surface area contributed by atoms with E-state index in [0.29, 0.717) is 17.6 Å². The summed E-state index contributed by atoms with van der Waals surface area (Å²) in [5, 5.41) is 10.6. The van der Waals surface area contributed by atoms with Crippen molar-refractivity contribution < 1.29 is 0 Å². The Kier molecular flexibility index (Phi) is 21.5. The molecule has 0 bridgehead atoms. The second-order valence-electron chi connectivity index (χ2n) is 37.6. The molecule has 30 rings (SSSR count). The van der Waals surface area contributed by atoms with Crippen molar-refractivity contribution in [2.45, 2.75) is 0 Å². The number of aromatic nitrogens is 15. The van der Waals surface area contributed by atoms with E-state index in [1.165, 1.54) is 65.4 Å². The minimum Gasteiger partial charge on any atom is -0.309 e. The second kappa shape index (κ2) is 37.0. The zero-order valence-electron chi connectivity index (χ0n) is 80.9. The Morgan fingerprint density at radius 2 is 0.433 bits per heavy atom. The largest absolute Gasteiger partial charge is 0.309 e. The van der Waals surface area contributed by atoms with E-state index in [2.05, 4.69) is 404 Å². The van der Waals surface area contributed by atoms with Crippen LogP contribution in [0.15, 0.2) is 528 Å². The first-order valence-corrected chi connectivity index (χ1v) is 50.4. The maximum Gasteiger partial charge on any atom is 0.235 e. The molecule has 15 nitrogen and oxygen atoms in total. The average Bonchev–Trinajstić information content (AvgIpc) is 1.58. The Morgan fingerprint density at radius 3 is 0.813 bits per heavy atom. The number of hydrogen-bond donors (Lipinski definition) is 0. The molecule has 0 atom stereocenters. The Morgan fingerprint density at radius 1 is 0.153 bits per heavy atom. The first-order chi connectivity index (χ1) is 74.4. The van der Waals surface area contributed by atoms with Crippen molar-refractivity contribution in [2.24, 2.45) is 0 Å². The Labute approximate surface area is 861 Å².